The number of aliphatic hydroxyl groups excluding tert-OH is 1. The van der Waals surface area contributed by atoms with Crippen LogP contribution in [-0.2, 0) is 17.1 Å². The number of anilines is 1. The first-order valence-corrected chi connectivity index (χ1v) is 14.9. The van der Waals surface area contributed by atoms with Crippen molar-refractivity contribution in [3.8, 4) is 11.5 Å². The molecule has 0 unspecified atom stereocenters. The molecule has 3 atom stereocenters. The monoisotopic (exact) mass is 599 g/mol. The van der Waals surface area contributed by atoms with Gasteiger partial charge in [0.1, 0.15) is 17.5 Å². The van der Waals surface area contributed by atoms with E-state index in [9.17, 15) is 23.1 Å². The third-order valence-electron chi connectivity index (χ3n) is 7.38. The average Bonchev–Trinajstić information content (AvgIpc) is 3.32. The summed E-state index contributed by atoms with van der Waals surface area (Å²) in [6.07, 6.45) is -0.722. The number of amides is 2. The zero-order valence-corrected chi connectivity index (χ0v) is 25.4. The van der Waals surface area contributed by atoms with E-state index in [4.69, 9.17) is 9.47 Å². The third-order valence-corrected chi connectivity index (χ3v) is 9.22. The first-order valence-electron chi connectivity index (χ1n) is 13.5. The van der Waals surface area contributed by atoms with Crippen LogP contribution in [0.15, 0.2) is 53.4 Å². The molecule has 0 radical (unpaired) electrons. The van der Waals surface area contributed by atoms with Gasteiger partial charge in [-0.3, -0.25) is 14.3 Å². The zero-order chi connectivity index (χ0) is 30.8. The van der Waals surface area contributed by atoms with Crippen molar-refractivity contribution in [2.24, 2.45) is 13.0 Å². The second-order valence-electron chi connectivity index (χ2n) is 10.5. The van der Waals surface area contributed by atoms with Crippen LogP contribution in [0.1, 0.15) is 40.4 Å². The number of aliphatic hydroxyl groups is 1. The standard InChI is InChI=1S/C29H37N5O7S/c1-18-15-34(20(3)17-35)29(37)23-8-7-9-24(30-28(36)25-14-19(2)31-33(25)5)27(23)41-26(18)16-32(4)42(38,39)22-12-10-21(40-6)11-13-22/h7-14,18,20,26,35H,15-17H2,1-6H3,(H,30,36)/t18-,20+,26-/m1/s1. The molecule has 0 bridgehead atoms. The molecule has 13 heteroatoms. The van der Waals surface area contributed by atoms with Crippen LogP contribution in [0.4, 0.5) is 5.69 Å². The number of hydrogen-bond acceptors (Lipinski definition) is 8. The van der Waals surface area contributed by atoms with Crippen molar-refractivity contribution in [1.82, 2.24) is 19.0 Å². The number of aromatic nitrogens is 2. The SMILES string of the molecule is COc1ccc(S(=O)(=O)N(C)C[C@H]2Oc3c(NC(=O)c4cc(C)nn4C)cccc3C(=O)N([C@@H](C)CO)C[C@H]2C)cc1. The summed E-state index contributed by atoms with van der Waals surface area (Å²) in [7, 11) is 0.721. The molecule has 0 aliphatic carbocycles. The molecule has 226 valence electrons. The second kappa shape index (κ2) is 12.5. The van der Waals surface area contributed by atoms with Gasteiger partial charge in [-0.05, 0) is 56.3 Å². The summed E-state index contributed by atoms with van der Waals surface area (Å²) in [6, 6.07) is 12.1. The summed E-state index contributed by atoms with van der Waals surface area (Å²) in [4.78, 5) is 28.6. The Balaban J connectivity index is 1.72. The average molecular weight is 600 g/mol. The minimum Gasteiger partial charge on any atom is -0.497 e. The predicted octanol–water partition coefficient (Wildman–Crippen LogP) is 2.53. The number of methoxy groups -OCH3 is 1. The molecule has 0 fully saturated rings. The highest BCUT2D eigenvalue weighted by Gasteiger charge is 2.36. The molecule has 1 aliphatic heterocycles. The van der Waals surface area contributed by atoms with Crippen molar-refractivity contribution in [1.29, 1.82) is 0 Å². The number of fused-ring (bicyclic) bond motifs is 1. The number of aryl methyl sites for hydroxylation is 2. The van der Waals surface area contributed by atoms with Gasteiger partial charge >= 0.3 is 0 Å². The Bertz CT molecular complexity index is 1550. The van der Waals surface area contributed by atoms with Crippen molar-refractivity contribution in [3.63, 3.8) is 0 Å². The molecule has 4 rings (SSSR count). The molecular weight excluding hydrogens is 562 g/mol. The third kappa shape index (κ3) is 6.27. The highest BCUT2D eigenvalue weighted by Crippen LogP contribution is 2.35. The van der Waals surface area contributed by atoms with E-state index < -0.39 is 28.1 Å². The van der Waals surface area contributed by atoms with Crippen LogP contribution in [-0.4, -0.2) is 90.3 Å². The van der Waals surface area contributed by atoms with Gasteiger partial charge < -0.3 is 24.8 Å². The molecule has 12 nitrogen and oxygen atoms in total. The Morgan fingerprint density at radius 2 is 1.95 bits per heavy atom. The van der Waals surface area contributed by atoms with E-state index >= 15 is 0 Å². The number of carbonyl (C=O) groups is 2. The number of benzene rings is 2. The van der Waals surface area contributed by atoms with Gasteiger partial charge in [-0.25, -0.2) is 8.42 Å². The summed E-state index contributed by atoms with van der Waals surface area (Å²) in [6.45, 7) is 5.27. The first kappa shape index (κ1) is 31.0. The molecule has 0 spiro atoms. The summed E-state index contributed by atoms with van der Waals surface area (Å²) in [5.41, 5.74) is 1.42. The molecule has 42 heavy (non-hydrogen) atoms. The number of carbonyl (C=O) groups excluding carboxylic acids is 2. The number of likely N-dealkylation sites (N-methyl/N-ethyl adjacent to an activating group) is 1. The fourth-order valence-electron chi connectivity index (χ4n) is 4.85. The Morgan fingerprint density at radius 1 is 1.26 bits per heavy atom. The van der Waals surface area contributed by atoms with Crippen molar-refractivity contribution in [2.75, 3.05) is 39.2 Å². The maximum absolute atomic E-state index is 13.7. The van der Waals surface area contributed by atoms with E-state index in [2.05, 4.69) is 10.4 Å². The lowest BCUT2D eigenvalue weighted by Gasteiger charge is -2.38. The summed E-state index contributed by atoms with van der Waals surface area (Å²) < 4.78 is 41.2. The second-order valence-corrected chi connectivity index (χ2v) is 12.6. The van der Waals surface area contributed by atoms with E-state index in [-0.39, 0.29) is 53.4 Å². The highest BCUT2D eigenvalue weighted by atomic mass is 32.2. The summed E-state index contributed by atoms with van der Waals surface area (Å²) in [5, 5.41) is 17.0. The number of rotatable bonds is 9. The van der Waals surface area contributed by atoms with Crippen LogP contribution < -0.4 is 14.8 Å². The fourth-order valence-corrected chi connectivity index (χ4v) is 6.03. The molecule has 0 saturated carbocycles. The molecule has 2 amide bonds. The van der Waals surface area contributed by atoms with Crippen LogP contribution in [0.3, 0.4) is 0 Å². The van der Waals surface area contributed by atoms with E-state index in [1.807, 2.05) is 6.92 Å². The zero-order valence-electron chi connectivity index (χ0n) is 24.6. The van der Waals surface area contributed by atoms with Crippen LogP contribution in [0, 0.1) is 12.8 Å². The maximum Gasteiger partial charge on any atom is 0.274 e. The Hall–Kier alpha value is -3.94. The number of nitrogens with zero attached hydrogens (tertiary/aromatic N) is 4. The maximum atomic E-state index is 13.7. The minimum absolute atomic E-state index is 0.0479. The number of ether oxygens (including phenoxy) is 2. The molecule has 1 aromatic heterocycles. The van der Waals surface area contributed by atoms with Gasteiger partial charge in [0.15, 0.2) is 5.75 Å². The number of para-hydroxylation sites is 1. The quantitative estimate of drug-likeness (QED) is 0.382. The van der Waals surface area contributed by atoms with E-state index in [0.29, 0.717) is 17.1 Å². The largest absolute Gasteiger partial charge is 0.497 e. The number of nitrogens with one attached hydrogen (secondary N) is 1. The molecule has 1 aliphatic rings. The molecule has 2 aromatic carbocycles. The topological polar surface area (TPSA) is 143 Å². The van der Waals surface area contributed by atoms with Gasteiger partial charge in [-0.15, -0.1) is 0 Å². The molecule has 0 saturated heterocycles. The smallest absolute Gasteiger partial charge is 0.274 e. The predicted molar refractivity (Wildman–Crippen MR) is 156 cm³/mol. The van der Waals surface area contributed by atoms with Gasteiger partial charge in [-0.1, -0.05) is 13.0 Å². The van der Waals surface area contributed by atoms with E-state index in [1.54, 1.807) is 62.2 Å². The van der Waals surface area contributed by atoms with Crippen molar-refractivity contribution < 1.29 is 32.6 Å². The molecule has 3 aromatic rings. The van der Waals surface area contributed by atoms with Crippen LogP contribution in [0.2, 0.25) is 0 Å². The van der Waals surface area contributed by atoms with Crippen molar-refractivity contribution >= 4 is 27.5 Å². The lowest BCUT2D eigenvalue weighted by Crippen LogP contribution is -2.50. The Morgan fingerprint density at radius 3 is 2.55 bits per heavy atom. The summed E-state index contributed by atoms with van der Waals surface area (Å²) >= 11 is 0. The van der Waals surface area contributed by atoms with E-state index in [1.165, 1.54) is 35.3 Å². The van der Waals surface area contributed by atoms with Gasteiger partial charge in [-0.2, -0.15) is 9.40 Å². The molecule has 2 heterocycles. The van der Waals surface area contributed by atoms with Gasteiger partial charge in [0.05, 0.1) is 48.1 Å². The lowest BCUT2D eigenvalue weighted by molar-refractivity contribution is 0.0388. The van der Waals surface area contributed by atoms with Gasteiger partial charge in [0.25, 0.3) is 11.8 Å². The van der Waals surface area contributed by atoms with Crippen LogP contribution >= 0.6 is 0 Å². The van der Waals surface area contributed by atoms with Gasteiger partial charge in [0, 0.05) is 26.6 Å². The summed E-state index contributed by atoms with van der Waals surface area (Å²) in [5.74, 6) is -0.522. The Labute approximate surface area is 245 Å². The first-order chi connectivity index (χ1) is 19.9. The Kier molecular flexibility index (Phi) is 9.24. The van der Waals surface area contributed by atoms with Crippen molar-refractivity contribution in [3.05, 3.63) is 65.5 Å². The van der Waals surface area contributed by atoms with Crippen LogP contribution in [0.5, 0.6) is 11.5 Å². The van der Waals surface area contributed by atoms with Gasteiger partial charge in [0.2, 0.25) is 10.0 Å². The van der Waals surface area contributed by atoms with Crippen LogP contribution in [0.25, 0.3) is 0 Å². The number of sulfonamides is 1. The number of hydrogen-bond donors (Lipinski definition) is 2. The molecular formula is C29H37N5O7S. The normalized spacial score (nSPS) is 18.1. The lowest BCUT2D eigenvalue weighted by atomic mass is 9.99. The minimum atomic E-state index is -3.90. The highest BCUT2D eigenvalue weighted by molar-refractivity contribution is 7.89. The van der Waals surface area contributed by atoms with E-state index in [0.717, 1.165) is 0 Å². The molecule has 2 N–H and O–H groups in total. The fraction of sp³-hybridized carbons (Fsp3) is 0.414. The van der Waals surface area contributed by atoms with Crippen molar-refractivity contribution in [2.45, 2.75) is 37.8 Å².